The van der Waals surface area contributed by atoms with E-state index in [1.807, 2.05) is 0 Å². The van der Waals surface area contributed by atoms with Gasteiger partial charge in [-0.1, -0.05) is 11.6 Å². The molecule has 1 aromatic heterocycles. The summed E-state index contributed by atoms with van der Waals surface area (Å²) in [6, 6.07) is 3.46. The minimum absolute atomic E-state index is 0.330. The number of aliphatic hydroxyl groups excluding tert-OH is 1. The highest BCUT2D eigenvalue weighted by atomic mass is 35.5. The van der Waals surface area contributed by atoms with E-state index in [0.717, 1.165) is 4.88 Å². The molecule has 0 bridgehead atoms. The first-order valence-corrected chi connectivity index (χ1v) is 5.80. The number of carbonyl (C=O) groups excluding carboxylic acids is 1. The van der Waals surface area contributed by atoms with Crippen molar-refractivity contribution in [1.82, 2.24) is 5.32 Å². The summed E-state index contributed by atoms with van der Waals surface area (Å²) in [5.41, 5.74) is 0. The molecule has 3 N–H and O–H groups in total. The zero-order valence-corrected chi connectivity index (χ0v) is 10.2. The van der Waals surface area contributed by atoms with Crippen molar-refractivity contribution in [3.8, 4) is 0 Å². The summed E-state index contributed by atoms with van der Waals surface area (Å²) in [6.45, 7) is -0.330. The summed E-state index contributed by atoms with van der Waals surface area (Å²) in [5, 5.41) is 19.5. The van der Waals surface area contributed by atoms with Crippen molar-refractivity contribution in [2.75, 3.05) is 6.54 Å². The molecule has 17 heavy (non-hydrogen) atoms. The van der Waals surface area contributed by atoms with E-state index < -0.39 is 18.0 Å². The summed E-state index contributed by atoms with van der Waals surface area (Å²) >= 11 is 7.01. The van der Waals surface area contributed by atoms with Crippen LogP contribution in [0.15, 0.2) is 18.2 Å². The molecule has 0 saturated heterocycles. The Morgan fingerprint density at radius 2 is 2.24 bits per heavy atom. The van der Waals surface area contributed by atoms with Crippen molar-refractivity contribution in [1.29, 1.82) is 0 Å². The first-order chi connectivity index (χ1) is 7.99. The fourth-order valence-corrected chi connectivity index (χ4v) is 1.88. The van der Waals surface area contributed by atoms with Gasteiger partial charge in [0.05, 0.1) is 10.9 Å². The van der Waals surface area contributed by atoms with Gasteiger partial charge in [0.1, 0.15) is 0 Å². The molecule has 1 unspecified atom stereocenters. The number of aliphatic carboxylic acids is 1. The highest BCUT2D eigenvalue weighted by Gasteiger charge is 2.12. The molecular formula is C10H10ClNO4S. The summed E-state index contributed by atoms with van der Waals surface area (Å²) < 4.78 is 0.617. The summed E-state index contributed by atoms with van der Waals surface area (Å²) in [7, 11) is 0. The maximum absolute atomic E-state index is 11.2. The third kappa shape index (κ3) is 4.99. The van der Waals surface area contributed by atoms with Crippen LogP contribution in [0.25, 0.3) is 6.08 Å². The lowest BCUT2D eigenvalue weighted by Gasteiger charge is -2.04. The Balaban J connectivity index is 2.39. The Morgan fingerprint density at radius 3 is 2.76 bits per heavy atom. The smallest absolute Gasteiger partial charge is 0.334 e. The van der Waals surface area contributed by atoms with E-state index in [4.69, 9.17) is 21.8 Å². The molecule has 92 valence electrons. The monoisotopic (exact) mass is 275 g/mol. The molecule has 7 heteroatoms. The molecule has 1 aromatic rings. The van der Waals surface area contributed by atoms with Crippen molar-refractivity contribution in [2.45, 2.75) is 6.10 Å². The number of aliphatic hydroxyl groups is 1. The SMILES string of the molecule is O=C(C=Cc1ccc(Cl)s1)NCC(O)C(=O)O. The molecule has 0 fully saturated rings. The first kappa shape index (κ1) is 13.7. The fourth-order valence-electron chi connectivity index (χ4n) is 0.919. The number of nitrogens with one attached hydrogen (secondary N) is 1. The van der Waals surface area contributed by atoms with Gasteiger partial charge in [0, 0.05) is 11.0 Å². The van der Waals surface area contributed by atoms with Crippen LogP contribution in [0.2, 0.25) is 4.34 Å². The lowest BCUT2D eigenvalue weighted by molar-refractivity contribution is -0.146. The van der Waals surface area contributed by atoms with Crippen molar-refractivity contribution >= 4 is 40.9 Å². The lowest BCUT2D eigenvalue weighted by Crippen LogP contribution is -2.35. The normalized spacial score (nSPS) is 12.6. The molecular weight excluding hydrogens is 266 g/mol. The number of thiophene rings is 1. The quantitative estimate of drug-likeness (QED) is 0.699. The molecule has 1 amide bonds. The largest absolute Gasteiger partial charge is 0.479 e. The van der Waals surface area contributed by atoms with Gasteiger partial charge in [0.15, 0.2) is 6.10 Å². The zero-order chi connectivity index (χ0) is 12.8. The maximum Gasteiger partial charge on any atom is 0.334 e. The number of carboxylic acid groups (broad SMARTS) is 1. The van der Waals surface area contributed by atoms with Crippen molar-refractivity contribution in [3.63, 3.8) is 0 Å². The minimum Gasteiger partial charge on any atom is -0.479 e. The van der Waals surface area contributed by atoms with E-state index in [1.54, 1.807) is 18.2 Å². The summed E-state index contributed by atoms with van der Waals surface area (Å²) in [4.78, 5) is 22.3. The molecule has 1 atom stereocenters. The van der Waals surface area contributed by atoms with Gasteiger partial charge in [-0.3, -0.25) is 4.79 Å². The predicted octanol–water partition coefficient (Wildman–Crippen LogP) is 0.976. The number of hydrogen-bond donors (Lipinski definition) is 3. The number of halogens is 1. The number of rotatable bonds is 5. The molecule has 0 aliphatic heterocycles. The number of amides is 1. The predicted molar refractivity (Wildman–Crippen MR) is 65.0 cm³/mol. The fraction of sp³-hybridized carbons (Fsp3) is 0.200. The average Bonchev–Trinajstić information content (AvgIpc) is 2.69. The van der Waals surface area contributed by atoms with Gasteiger partial charge in [0.2, 0.25) is 5.91 Å². The number of carboxylic acids is 1. The van der Waals surface area contributed by atoms with E-state index in [0.29, 0.717) is 4.34 Å². The van der Waals surface area contributed by atoms with Crippen LogP contribution in [-0.4, -0.2) is 34.7 Å². The molecule has 1 rings (SSSR count). The molecule has 0 radical (unpaired) electrons. The number of hydrogen-bond acceptors (Lipinski definition) is 4. The molecule has 0 aromatic carbocycles. The van der Waals surface area contributed by atoms with Crippen molar-refractivity contribution < 1.29 is 19.8 Å². The van der Waals surface area contributed by atoms with Gasteiger partial charge in [-0.15, -0.1) is 11.3 Å². The van der Waals surface area contributed by atoms with Crippen LogP contribution in [0, 0.1) is 0 Å². The van der Waals surface area contributed by atoms with Gasteiger partial charge in [-0.05, 0) is 18.2 Å². The minimum atomic E-state index is -1.59. The Labute approximate surface area is 106 Å². The summed E-state index contributed by atoms with van der Waals surface area (Å²) in [6.07, 6.45) is 1.21. The van der Waals surface area contributed by atoms with Crippen LogP contribution in [0.5, 0.6) is 0 Å². The highest BCUT2D eigenvalue weighted by Crippen LogP contribution is 2.22. The van der Waals surface area contributed by atoms with E-state index in [9.17, 15) is 9.59 Å². The van der Waals surface area contributed by atoms with Crippen molar-refractivity contribution in [3.05, 3.63) is 27.4 Å². The maximum atomic E-state index is 11.2. The van der Waals surface area contributed by atoms with E-state index >= 15 is 0 Å². The lowest BCUT2D eigenvalue weighted by atomic mass is 10.3. The van der Waals surface area contributed by atoms with Gasteiger partial charge in [0.25, 0.3) is 0 Å². The second kappa shape index (κ2) is 6.39. The standard InChI is InChI=1S/C10H10ClNO4S/c11-8-3-1-6(17-8)2-4-9(14)12-5-7(13)10(15)16/h1-4,7,13H,5H2,(H,12,14)(H,15,16). The van der Waals surface area contributed by atoms with Gasteiger partial charge < -0.3 is 15.5 Å². The topological polar surface area (TPSA) is 86.6 Å². The molecule has 0 aliphatic rings. The molecule has 1 heterocycles. The molecule has 0 spiro atoms. The van der Waals surface area contributed by atoms with Gasteiger partial charge in [-0.25, -0.2) is 4.79 Å². The number of carbonyl (C=O) groups is 2. The van der Waals surface area contributed by atoms with Crippen LogP contribution in [-0.2, 0) is 9.59 Å². The third-order valence-corrected chi connectivity index (χ3v) is 2.94. The van der Waals surface area contributed by atoms with Crippen LogP contribution >= 0.6 is 22.9 Å². The third-order valence-electron chi connectivity index (χ3n) is 1.75. The van der Waals surface area contributed by atoms with E-state index in [-0.39, 0.29) is 6.54 Å². The van der Waals surface area contributed by atoms with Crippen LogP contribution in [0.1, 0.15) is 4.88 Å². The van der Waals surface area contributed by atoms with E-state index in [2.05, 4.69) is 5.32 Å². The highest BCUT2D eigenvalue weighted by molar-refractivity contribution is 7.17. The Morgan fingerprint density at radius 1 is 1.53 bits per heavy atom. The van der Waals surface area contributed by atoms with Crippen LogP contribution in [0.4, 0.5) is 0 Å². The summed E-state index contributed by atoms with van der Waals surface area (Å²) in [5.74, 6) is -1.85. The Kier molecular flexibility index (Phi) is 5.14. The first-order valence-electron chi connectivity index (χ1n) is 4.61. The second-order valence-corrected chi connectivity index (χ2v) is 4.82. The molecule has 5 nitrogen and oxygen atoms in total. The van der Waals surface area contributed by atoms with Crippen LogP contribution in [0.3, 0.4) is 0 Å². The average molecular weight is 276 g/mol. The van der Waals surface area contributed by atoms with E-state index in [1.165, 1.54) is 17.4 Å². The second-order valence-electron chi connectivity index (χ2n) is 3.07. The van der Waals surface area contributed by atoms with Crippen LogP contribution < -0.4 is 5.32 Å². The Hall–Kier alpha value is -1.37. The zero-order valence-electron chi connectivity index (χ0n) is 8.59. The molecule has 0 aliphatic carbocycles. The van der Waals surface area contributed by atoms with Crippen molar-refractivity contribution in [2.24, 2.45) is 0 Å². The molecule has 0 saturated carbocycles. The van der Waals surface area contributed by atoms with Gasteiger partial charge in [-0.2, -0.15) is 0 Å². The Bertz CT molecular complexity index is 443. The van der Waals surface area contributed by atoms with Gasteiger partial charge >= 0.3 is 5.97 Å².